The van der Waals surface area contributed by atoms with E-state index in [2.05, 4.69) is 51.1 Å². The van der Waals surface area contributed by atoms with Gasteiger partial charge < -0.3 is 4.74 Å². The summed E-state index contributed by atoms with van der Waals surface area (Å²) in [5.41, 5.74) is 2.30. The van der Waals surface area contributed by atoms with Crippen LogP contribution < -0.4 is 0 Å². The summed E-state index contributed by atoms with van der Waals surface area (Å²) in [5.74, 6) is 0.765. The number of hydrogen-bond donors (Lipinski definition) is 0. The van der Waals surface area contributed by atoms with Crippen LogP contribution in [0.1, 0.15) is 37.9 Å². The molecule has 0 saturated carbocycles. The molecule has 0 spiro atoms. The minimum atomic E-state index is 0.101. The third-order valence-corrected chi connectivity index (χ3v) is 4.56. The van der Waals surface area contributed by atoms with Crippen molar-refractivity contribution in [2.45, 2.75) is 36.5 Å². The van der Waals surface area contributed by atoms with Gasteiger partial charge in [0.2, 0.25) is 5.90 Å². The lowest BCUT2D eigenvalue weighted by molar-refractivity contribution is 0.319. The number of aliphatic imine (C=N–C) groups is 1. The molecule has 0 unspecified atom stereocenters. The normalized spacial score (nSPS) is 18.0. The molecule has 0 radical (unpaired) electrons. The molecule has 0 bridgehead atoms. The Morgan fingerprint density at radius 1 is 1.00 bits per heavy atom. The first-order valence-electron chi connectivity index (χ1n) is 7.57. The molecule has 1 aliphatic heterocycles. The van der Waals surface area contributed by atoms with Crippen molar-refractivity contribution in [3.05, 3.63) is 65.7 Å². The van der Waals surface area contributed by atoms with Crippen LogP contribution in [0.15, 0.2) is 64.5 Å². The van der Waals surface area contributed by atoms with E-state index in [1.54, 1.807) is 0 Å². The van der Waals surface area contributed by atoms with Gasteiger partial charge >= 0.3 is 0 Å². The van der Waals surface area contributed by atoms with Gasteiger partial charge in [-0.05, 0) is 17.7 Å². The highest BCUT2D eigenvalue weighted by Crippen LogP contribution is 2.36. The molecule has 1 atom stereocenters. The first kappa shape index (κ1) is 15.2. The van der Waals surface area contributed by atoms with E-state index in [-0.39, 0.29) is 10.8 Å². The van der Waals surface area contributed by atoms with Crippen LogP contribution in [0.2, 0.25) is 0 Å². The average molecular weight is 311 g/mol. The quantitative estimate of drug-likeness (QED) is 0.736. The zero-order chi connectivity index (χ0) is 15.6. The van der Waals surface area contributed by atoms with E-state index in [0.717, 1.165) is 11.5 Å². The van der Waals surface area contributed by atoms with Gasteiger partial charge in [0.1, 0.15) is 12.6 Å². The van der Waals surface area contributed by atoms with Crippen molar-refractivity contribution in [2.75, 3.05) is 6.61 Å². The zero-order valence-corrected chi connectivity index (χ0v) is 14.1. The Hall–Kier alpha value is -1.74. The van der Waals surface area contributed by atoms with E-state index in [0.29, 0.717) is 6.61 Å². The molecule has 1 heterocycles. The van der Waals surface area contributed by atoms with Crippen LogP contribution in [0.3, 0.4) is 0 Å². The maximum atomic E-state index is 5.90. The second-order valence-corrected chi connectivity index (χ2v) is 8.25. The van der Waals surface area contributed by atoms with Gasteiger partial charge in [-0.15, -0.1) is 11.8 Å². The van der Waals surface area contributed by atoms with Gasteiger partial charge in [-0.25, -0.2) is 4.99 Å². The molecule has 3 rings (SSSR count). The lowest BCUT2D eigenvalue weighted by Crippen LogP contribution is -2.10. The maximum absolute atomic E-state index is 5.90. The van der Waals surface area contributed by atoms with Gasteiger partial charge in [0.05, 0.1) is 0 Å². The Bertz CT molecular complexity index is 673. The summed E-state index contributed by atoms with van der Waals surface area (Å²) < 4.78 is 6.06. The van der Waals surface area contributed by atoms with Crippen LogP contribution in [-0.4, -0.2) is 17.3 Å². The summed E-state index contributed by atoms with van der Waals surface area (Å²) in [6, 6.07) is 18.8. The molecule has 0 aliphatic carbocycles. The molecule has 0 N–H and O–H groups in total. The summed E-state index contributed by atoms with van der Waals surface area (Å²) in [6.45, 7) is 7.28. The van der Waals surface area contributed by atoms with Gasteiger partial charge in [0.15, 0.2) is 0 Å². The predicted molar refractivity (Wildman–Crippen MR) is 93.7 cm³/mol. The fourth-order valence-electron chi connectivity index (χ4n) is 2.43. The van der Waals surface area contributed by atoms with Gasteiger partial charge in [0.25, 0.3) is 0 Å². The van der Waals surface area contributed by atoms with Crippen molar-refractivity contribution in [1.82, 2.24) is 0 Å². The van der Waals surface area contributed by atoms with Crippen molar-refractivity contribution in [2.24, 2.45) is 4.99 Å². The lowest BCUT2D eigenvalue weighted by atomic mass is 10.1. The number of benzene rings is 2. The number of nitrogens with zero attached hydrogens (tertiary/aromatic N) is 1. The SMILES string of the molecule is CC(C)(C)Sc1ccccc1C1=N[C@H](c2ccccc2)CO1. The van der Waals surface area contributed by atoms with E-state index in [1.807, 2.05) is 36.0 Å². The first-order chi connectivity index (χ1) is 10.5. The van der Waals surface area contributed by atoms with Crippen molar-refractivity contribution in [3.63, 3.8) is 0 Å². The standard InChI is InChI=1S/C19H21NOS/c1-19(2,3)22-17-12-8-7-11-15(17)18-20-16(13-21-18)14-9-5-4-6-10-14/h4-12,16H,13H2,1-3H3/t16-/m0/s1. The fourth-order valence-corrected chi connectivity index (χ4v) is 3.50. The van der Waals surface area contributed by atoms with E-state index in [9.17, 15) is 0 Å². The molecular weight excluding hydrogens is 290 g/mol. The lowest BCUT2D eigenvalue weighted by Gasteiger charge is -2.19. The van der Waals surface area contributed by atoms with E-state index >= 15 is 0 Å². The molecule has 0 amide bonds. The predicted octanol–water partition coefficient (Wildman–Crippen LogP) is 5.10. The largest absolute Gasteiger partial charge is 0.475 e. The third kappa shape index (κ3) is 3.53. The average Bonchev–Trinajstić information content (AvgIpc) is 2.97. The first-order valence-corrected chi connectivity index (χ1v) is 8.38. The molecule has 0 saturated heterocycles. The van der Waals surface area contributed by atoms with E-state index < -0.39 is 0 Å². The third-order valence-electron chi connectivity index (χ3n) is 3.37. The Labute approximate surface area is 136 Å². The number of hydrogen-bond acceptors (Lipinski definition) is 3. The summed E-state index contributed by atoms with van der Waals surface area (Å²) in [7, 11) is 0. The second-order valence-electron chi connectivity index (χ2n) is 6.38. The summed E-state index contributed by atoms with van der Waals surface area (Å²) in [4.78, 5) is 6.02. The second kappa shape index (κ2) is 6.17. The smallest absolute Gasteiger partial charge is 0.218 e. The van der Waals surface area contributed by atoms with Crippen LogP contribution in [0.5, 0.6) is 0 Å². The van der Waals surface area contributed by atoms with Crippen LogP contribution in [0.25, 0.3) is 0 Å². The monoisotopic (exact) mass is 311 g/mol. The van der Waals surface area contributed by atoms with Gasteiger partial charge in [-0.2, -0.15) is 0 Å². The maximum Gasteiger partial charge on any atom is 0.218 e. The molecule has 1 aliphatic rings. The molecule has 0 aromatic heterocycles. The minimum absolute atomic E-state index is 0.101. The van der Waals surface area contributed by atoms with Crippen molar-refractivity contribution in [3.8, 4) is 0 Å². The highest BCUT2D eigenvalue weighted by molar-refractivity contribution is 8.00. The van der Waals surface area contributed by atoms with Crippen LogP contribution >= 0.6 is 11.8 Å². The Morgan fingerprint density at radius 2 is 1.68 bits per heavy atom. The van der Waals surface area contributed by atoms with Gasteiger partial charge in [-0.1, -0.05) is 63.2 Å². The van der Waals surface area contributed by atoms with Crippen molar-refractivity contribution in [1.29, 1.82) is 0 Å². The van der Waals surface area contributed by atoms with Crippen LogP contribution in [0.4, 0.5) is 0 Å². The summed E-state index contributed by atoms with van der Waals surface area (Å²) in [5, 5.41) is 0. The Kier molecular flexibility index (Phi) is 4.25. The van der Waals surface area contributed by atoms with E-state index in [4.69, 9.17) is 9.73 Å². The van der Waals surface area contributed by atoms with Crippen molar-refractivity contribution < 1.29 is 4.74 Å². The van der Waals surface area contributed by atoms with Crippen LogP contribution in [0, 0.1) is 0 Å². The molecule has 22 heavy (non-hydrogen) atoms. The highest BCUT2D eigenvalue weighted by Gasteiger charge is 2.24. The zero-order valence-electron chi connectivity index (χ0n) is 13.2. The molecule has 3 heteroatoms. The van der Waals surface area contributed by atoms with Gasteiger partial charge in [-0.3, -0.25) is 0 Å². The number of thioether (sulfide) groups is 1. The number of rotatable bonds is 3. The Balaban J connectivity index is 1.89. The highest BCUT2D eigenvalue weighted by atomic mass is 32.2. The van der Waals surface area contributed by atoms with Crippen LogP contribution in [-0.2, 0) is 4.74 Å². The molecular formula is C19H21NOS. The van der Waals surface area contributed by atoms with Crippen molar-refractivity contribution >= 4 is 17.7 Å². The number of ether oxygens (including phenoxy) is 1. The molecule has 2 nitrogen and oxygen atoms in total. The van der Waals surface area contributed by atoms with E-state index in [1.165, 1.54) is 10.5 Å². The molecule has 0 fully saturated rings. The minimum Gasteiger partial charge on any atom is -0.475 e. The molecule has 114 valence electrons. The topological polar surface area (TPSA) is 21.6 Å². The fraction of sp³-hybridized carbons (Fsp3) is 0.316. The van der Waals surface area contributed by atoms with Gasteiger partial charge in [0, 0.05) is 15.2 Å². The summed E-state index contributed by atoms with van der Waals surface area (Å²) in [6.07, 6.45) is 0. The summed E-state index contributed by atoms with van der Waals surface area (Å²) >= 11 is 1.85. The Morgan fingerprint density at radius 3 is 2.41 bits per heavy atom. The molecule has 2 aromatic carbocycles. The molecule has 2 aromatic rings.